The van der Waals surface area contributed by atoms with E-state index < -0.39 is 29.5 Å². The average Bonchev–Trinajstić information content (AvgIpc) is 2.84. The van der Waals surface area contributed by atoms with Gasteiger partial charge in [0.1, 0.15) is 0 Å². The lowest BCUT2D eigenvalue weighted by Crippen LogP contribution is -2.59. The van der Waals surface area contributed by atoms with Gasteiger partial charge < -0.3 is 0 Å². The third-order valence-corrected chi connectivity index (χ3v) is 7.17. The van der Waals surface area contributed by atoms with Crippen molar-refractivity contribution in [3.63, 3.8) is 0 Å². The van der Waals surface area contributed by atoms with Crippen molar-refractivity contribution in [2.24, 2.45) is 5.92 Å². The Bertz CT molecular complexity index is 968. The van der Waals surface area contributed by atoms with E-state index in [1.54, 1.807) is 12.1 Å². The predicted molar refractivity (Wildman–Crippen MR) is 121 cm³/mol. The van der Waals surface area contributed by atoms with Gasteiger partial charge in [0.25, 0.3) is 0 Å². The number of unbranched alkanes of at least 4 members (excludes halogenated alkanes) is 2. The zero-order valence-corrected chi connectivity index (χ0v) is 19.8. The summed E-state index contributed by atoms with van der Waals surface area (Å²) in [5.41, 5.74) is 0.427. The Morgan fingerprint density at radius 3 is 1.61 bits per heavy atom. The molecule has 200 valence electrons. The Morgan fingerprint density at radius 1 is 0.639 bits per heavy atom. The van der Waals surface area contributed by atoms with E-state index in [0.717, 1.165) is 36.5 Å². The predicted octanol–water partition coefficient (Wildman–Crippen LogP) is 10.1. The van der Waals surface area contributed by atoms with Gasteiger partial charge in [-0.15, -0.1) is 0 Å². The smallest absolute Gasteiger partial charge is 0.194 e. The second kappa shape index (κ2) is 10.7. The molecular formula is C27H29F9. The normalized spacial score (nSPS) is 19.9. The van der Waals surface area contributed by atoms with E-state index in [0.29, 0.717) is 29.2 Å². The van der Waals surface area contributed by atoms with Crippen molar-refractivity contribution in [1.29, 1.82) is 0 Å². The molecule has 0 spiro atoms. The Hall–Kier alpha value is -2.19. The molecule has 0 N–H and O–H groups in total. The minimum Gasteiger partial charge on any atom is -0.194 e. The third-order valence-electron chi connectivity index (χ3n) is 7.17. The Balaban J connectivity index is 1.69. The molecule has 0 bridgehead atoms. The molecule has 0 saturated heterocycles. The molecule has 0 aliphatic heterocycles. The van der Waals surface area contributed by atoms with Gasteiger partial charge in [-0.1, -0.05) is 81.1 Å². The molecule has 9 heteroatoms. The van der Waals surface area contributed by atoms with Crippen molar-refractivity contribution in [3.05, 3.63) is 59.7 Å². The molecule has 0 aromatic heterocycles. The Kier molecular flexibility index (Phi) is 8.40. The molecule has 1 fully saturated rings. The molecule has 0 atom stereocenters. The minimum atomic E-state index is -6.91. The number of hydrogen-bond acceptors (Lipinski definition) is 0. The van der Waals surface area contributed by atoms with E-state index in [2.05, 4.69) is 6.92 Å². The molecule has 0 unspecified atom stereocenters. The second-order valence-corrected chi connectivity index (χ2v) is 9.63. The van der Waals surface area contributed by atoms with Crippen LogP contribution >= 0.6 is 0 Å². The molecular weight excluding hydrogens is 495 g/mol. The largest absolute Gasteiger partial charge is 0.460 e. The van der Waals surface area contributed by atoms with Crippen molar-refractivity contribution < 1.29 is 39.5 Å². The second-order valence-electron chi connectivity index (χ2n) is 9.63. The van der Waals surface area contributed by atoms with Crippen LogP contribution in [0.2, 0.25) is 0 Å². The Morgan fingerprint density at radius 2 is 1.14 bits per heavy atom. The summed E-state index contributed by atoms with van der Waals surface area (Å²) >= 11 is 0. The van der Waals surface area contributed by atoms with Crippen LogP contribution < -0.4 is 0 Å². The standard InChI is InChI=1S/C27H29F9/c1-2-3-4-5-18-6-8-19(9-7-18)20-10-12-21(13-11-20)22-14-16-23(17-15-22)24(28,29)25(30,31)26(32,33)27(34,35)36/h10-19H,2-9H2,1H3. The summed E-state index contributed by atoms with van der Waals surface area (Å²) in [6, 6.07) is 10.2. The lowest BCUT2D eigenvalue weighted by molar-refractivity contribution is -0.399. The molecule has 36 heavy (non-hydrogen) atoms. The van der Waals surface area contributed by atoms with Gasteiger partial charge in [-0.05, 0) is 54.2 Å². The highest BCUT2D eigenvalue weighted by molar-refractivity contribution is 5.64. The maximum absolute atomic E-state index is 14.1. The number of rotatable bonds is 9. The van der Waals surface area contributed by atoms with Crippen LogP contribution in [0.15, 0.2) is 48.5 Å². The fourth-order valence-corrected chi connectivity index (χ4v) is 4.84. The van der Waals surface area contributed by atoms with Crippen LogP contribution in [0.25, 0.3) is 11.1 Å². The van der Waals surface area contributed by atoms with Crippen LogP contribution in [0.5, 0.6) is 0 Å². The molecule has 0 nitrogen and oxygen atoms in total. The zero-order valence-electron chi connectivity index (χ0n) is 19.8. The minimum absolute atomic E-state index is 0.339. The zero-order chi connectivity index (χ0) is 26.8. The summed E-state index contributed by atoms with van der Waals surface area (Å²) in [6.45, 7) is 2.18. The van der Waals surface area contributed by atoms with Gasteiger partial charge in [-0.3, -0.25) is 0 Å². The molecule has 3 rings (SSSR count). The SMILES string of the molecule is CCCCCC1CCC(c2ccc(-c3ccc(C(F)(F)C(F)(F)C(F)(F)C(F)(F)F)cc3)cc2)CC1. The van der Waals surface area contributed by atoms with Gasteiger partial charge in [-0.2, -0.15) is 39.5 Å². The molecule has 1 saturated carbocycles. The number of halogens is 9. The number of benzene rings is 2. The third kappa shape index (κ3) is 5.54. The van der Waals surface area contributed by atoms with Crippen LogP contribution in [0.4, 0.5) is 39.5 Å². The summed E-state index contributed by atoms with van der Waals surface area (Å²) in [5, 5.41) is 0. The lowest BCUT2D eigenvalue weighted by Gasteiger charge is -2.33. The first-order valence-electron chi connectivity index (χ1n) is 12.1. The highest BCUT2D eigenvalue weighted by Gasteiger charge is 2.82. The molecule has 0 radical (unpaired) electrons. The average molecular weight is 525 g/mol. The summed E-state index contributed by atoms with van der Waals surface area (Å²) < 4.78 is 119. The van der Waals surface area contributed by atoms with E-state index in [4.69, 9.17) is 0 Å². The van der Waals surface area contributed by atoms with Gasteiger partial charge >= 0.3 is 23.9 Å². The summed E-state index contributed by atoms with van der Waals surface area (Å²) in [6.07, 6.45) is 2.63. The molecule has 1 aliphatic carbocycles. The fourth-order valence-electron chi connectivity index (χ4n) is 4.84. The van der Waals surface area contributed by atoms with Crippen molar-refractivity contribution >= 4 is 0 Å². The number of alkyl halides is 9. The van der Waals surface area contributed by atoms with Crippen LogP contribution in [0.3, 0.4) is 0 Å². The van der Waals surface area contributed by atoms with Crippen LogP contribution in [-0.2, 0) is 5.92 Å². The summed E-state index contributed by atoms with van der Waals surface area (Å²) in [4.78, 5) is 0. The van der Waals surface area contributed by atoms with Gasteiger partial charge in [0, 0.05) is 5.56 Å². The fraction of sp³-hybridized carbons (Fsp3) is 0.556. The van der Waals surface area contributed by atoms with Crippen molar-refractivity contribution in [1.82, 2.24) is 0 Å². The maximum Gasteiger partial charge on any atom is 0.460 e. The topological polar surface area (TPSA) is 0 Å². The molecule has 0 amide bonds. The van der Waals surface area contributed by atoms with Gasteiger partial charge in [0.15, 0.2) is 0 Å². The van der Waals surface area contributed by atoms with Gasteiger partial charge in [0.05, 0.1) is 0 Å². The highest BCUT2D eigenvalue weighted by atomic mass is 19.4. The van der Waals surface area contributed by atoms with E-state index in [9.17, 15) is 39.5 Å². The van der Waals surface area contributed by atoms with Crippen LogP contribution in [0, 0.1) is 5.92 Å². The first-order valence-corrected chi connectivity index (χ1v) is 12.1. The van der Waals surface area contributed by atoms with Crippen LogP contribution in [0.1, 0.15) is 75.3 Å². The van der Waals surface area contributed by atoms with E-state index in [-0.39, 0.29) is 0 Å². The van der Waals surface area contributed by atoms with Crippen LogP contribution in [-0.4, -0.2) is 18.0 Å². The molecule has 0 heterocycles. The van der Waals surface area contributed by atoms with E-state index >= 15 is 0 Å². The van der Waals surface area contributed by atoms with E-state index in [1.165, 1.54) is 38.5 Å². The first kappa shape index (κ1) is 28.4. The summed E-state index contributed by atoms with van der Waals surface area (Å²) in [7, 11) is 0. The van der Waals surface area contributed by atoms with E-state index in [1.807, 2.05) is 12.1 Å². The van der Waals surface area contributed by atoms with Crippen molar-refractivity contribution in [2.45, 2.75) is 88.2 Å². The monoisotopic (exact) mass is 524 g/mol. The quantitative estimate of drug-likeness (QED) is 0.226. The van der Waals surface area contributed by atoms with Gasteiger partial charge in [-0.25, -0.2) is 0 Å². The molecule has 2 aromatic rings. The molecule has 1 aliphatic rings. The van der Waals surface area contributed by atoms with Gasteiger partial charge in [0.2, 0.25) is 0 Å². The summed E-state index contributed by atoms with van der Waals surface area (Å²) in [5.74, 6) is -18.2. The Labute approximate surface area is 204 Å². The maximum atomic E-state index is 14.1. The first-order chi connectivity index (χ1) is 16.7. The molecule has 2 aromatic carbocycles. The van der Waals surface area contributed by atoms with Crippen molar-refractivity contribution in [3.8, 4) is 11.1 Å². The number of hydrogen-bond donors (Lipinski definition) is 0. The van der Waals surface area contributed by atoms with Crippen molar-refractivity contribution in [2.75, 3.05) is 0 Å². The highest BCUT2D eigenvalue weighted by Crippen LogP contribution is 2.56. The lowest BCUT2D eigenvalue weighted by atomic mass is 9.77.